The number of aromatic nitrogens is 2. The maximum absolute atomic E-state index is 11.4. The third-order valence-corrected chi connectivity index (χ3v) is 6.51. The Balaban J connectivity index is 1.37. The van der Waals surface area contributed by atoms with E-state index in [2.05, 4.69) is 27.0 Å². The van der Waals surface area contributed by atoms with Crippen LogP contribution in [0.25, 0.3) is 11.3 Å². The van der Waals surface area contributed by atoms with Gasteiger partial charge in [-0.2, -0.15) is 0 Å². The topological polar surface area (TPSA) is 90.6 Å². The van der Waals surface area contributed by atoms with Gasteiger partial charge < -0.3 is 15.2 Å². The van der Waals surface area contributed by atoms with Crippen LogP contribution in [0, 0.1) is 0 Å². The van der Waals surface area contributed by atoms with E-state index in [9.17, 15) is 4.79 Å². The molecule has 1 amide bonds. The third kappa shape index (κ3) is 4.47. The molecule has 1 fully saturated rings. The molecule has 0 spiro atoms. The van der Waals surface area contributed by atoms with Crippen LogP contribution in [0.1, 0.15) is 45.3 Å². The number of nitrogens with zero attached hydrogens (tertiary/aromatic N) is 3. The van der Waals surface area contributed by atoms with Crippen LogP contribution in [-0.4, -0.2) is 47.6 Å². The monoisotopic (exact) mass is 444 g/mol. The van der Waals surface area contributed by atoms with Gasteiger partial charge in [0.25, 0.3) is 0 Å². The number of rotatable bonds is 6. The molecule has 5 rings (SSSR count). The van der Waals surface area contributed by atoms with Crippen LogP contribution < -0.4 is 10.5 Å². The summed E-state index contributed by atoms with van der Waals surface area (Å²) >= 11 is 0. The highest BCUT2D eigenvalue weighted by Crippen LogP contribution is 2.33. The number of ether oxygens (including phenoxy) is 2. The third-order valence-electron chi connectivity index (χ3n) is 6.51. The Morgan fingerprint density at radius 3 is 2.67 bits per heavy atom. The predicted octanol–water partition coefficient (Wildman–Crippen LogP) is 3.31. The second-order valence-electron chi connectivity index (χ2n) is 8.61. The molecule has 0 saturated carbocycles. The number of morpholine rings is 1. The highest BCUT2D eigenvalue weighted by atomic mass is 16.5. The first-order chi connectivity index (χ1) is 16.1. The number of primary amides is 1. The normalized spacial score (nSPS) is 18.2. The van der Waals surface area contributed by atoms with E-state index in [4.69, 9.17) is 15.2 Å². The van der Waals surface area contributed by atoms with Crippen molar-refractivity contribution in [2.45, 2.75) is 31.9 Å². The van der Waals surface area contributed by atoms with Crippen LogP contribution in [0.5, 0.6) is 5.75 Å². The van der Waals surface area contributed by atoms with Gasteiger partial charge in [-0.3, -0.25) is 19.7 Å². The van der Waals surface area contributed by atoms with Crippen LogP contribution in [0.2, 0.25) is 0 Å². The van der Waals surface area contributed by atoms with Gasteiger partial charge in [-0.25, -0.2) is 0 Å². The van der Waals surface area contributed by atoms with E-state index in [0.717, 1.165) is 48.6 Å². The highest BCUT2D eigenvalue weighted by Gasteiger charge is 2.27. The molecule has 1 saturated heterocycles. The van der Waals surface area contributed by atoms with Crippen molar-refractivity contribution in [3.8, 4) is 17.0 Å². The van der Waals surface area contributed by atoms with Crippen LogP contribution in [0.4, 0.5) is 0 Å². The lowest BCUT2D eigenvalue weighted by atomic mass is 10.0. The molecule has 0 unspecified atom stereocenters. The molecule has 1 atom stereocenters. The zero-order chi connectivity index (χ0) is 22.8. The van der Waals surface area contributed by atoms with Gasteiger partial charge in [0.15, 0.2) is 0 Å². The van der Waals surface area contributed by atoms with Crippen molar-refractivity contribution < 1.29 is 14.3 Å². The number of hydrogen-bond donors (Lipinski definition) is 1. The lowest BCUT2D eigenvalue weighted by molar-refractivity contribution is -0.0350. The van der Waals surface area contributed by atoms with Crippen molar-refractivity contribution in [1.82, 2.24) is 14.9 Å². The summed E-state index contributed by atoms with van der Waals surface area (Å²) in [4.78, 5) is 23.0. The van der Waals surface area contributed by atoms with Crippen LogP contribution in [-0.2, 0) is 24.1 Å². The number of methoxy groups -OCH3 is 1. The fraction of sp³-hybridized carbons (Fsp3) is 0.346. The number of aryl methyl sites for hydroxylation is 2. The highest BCUT2D eigenvalue weighted by molar-refractivity contribution is 5.93. The van der Waals surface area contributed by atoms with Crippen LogP contribution in [0.15, 0.2) is 48.8 Å². The summed E-state index contributed by atoms with van der Waals surface area (Å²) in [5, 5.41) is 0. The number of fused-ring (bicyclic) bond motifs is 1. The molecular weight excluding hydrogens is 416 g/mol. The molecule has 2 N–H and O–H groups in total. The molecule has 1 aromatic heterocycles. The molecule has 170 valence electrons. The summed E-state index contributed by atoms with van der Waals surface area (Å²) in [5.74, 6) is 0.516. The molecule has 2 aliphatic rings. The molecule has 0 bridgehead atoms. The van der Waals surface area contributed by atoms with Crippen LogP contribution >= 0.6 is 0 Å². The first-order valence-electron chi connectivity index (χ1n) is 11.4. The quantitative estimate of drug-likeness (QED) is 0.627. The SMILES string of the molecule is COc1cc2c(cc1CN1CCO[C@H](c3nccnc3-c3ccc(C(N)=O)cc3)C1)CCC2. The van der Waals surface area contributed by atoms with E-state index >= 15 is 0 Å². The second-order valence-corrected chi connectivity index (χ2v) is 8.61. The lowest BCUT2D eigenvalue weighted by Gasteiger charge is -2.33. The molecule has 7 heteroatoms. The fourth-order valence-corrected chi connectivity index (χ4v) is 4.82. The Morgan fingerprint density at radius 2 is 1.91 bits per heavy atom. The predicted molar refractivity (Wildman–Crippen MR) is 125 cm³/mol. The summed E-state index contributed by atoms with van der Waals surface area (Å²) in [5.41, 5.74) is 12.4. The molecule has 33 heavy (non-hydrogen) atoms. The van der Waals surface area contributed by atoms with Gasteiger partial charge in [0.1, 0.15) is 11.9 Å². The number of carbonyl (C=O) groups excluding carboxylic acids is 1. The summed E-state index contributed by atoms with van der Waals surface area (Å²) in [6, 6.07) is 11.7. The number of carbonyl (C=O) groups is 1. The fourth-order valence-electron chi connectivity index (χ4n) is 4.82. The van der Waals surface area contributed by atoms with E-state index in [-0.39, 0.29) is 6.10 Å². The Hall–Kier alpha value is -3.29. The van der Waals surface area contributed by atoms with Crippen molar-refractivity contribution in [1.29, 1.82) is 0 Å². The number of benzene rings is 2. The van der Waals surface area contributed by atoms with Gasteiger partial charge in [0, 0.05) is 48.7 Å². The maximum Gasteiger partial charge on any atom is 0.248 e. The van der Waals surface area contributed by atoms with Crippen molar-refractivity contribution in [2.75, 3.05) is 26.8 Å². The number of amides is 1. The van der Waals surface area contributed by atoms with Gasteiger partial charge in [0.05, 0.1) is 25.1 Å². The average Bonchev–Trinajstić information content (AvgIpc) is 3.31. The molecule has 1 aliphatic heterocycles. The van der Waals surface area contributed by atoms with Crippen molar-refractivity contribution in [3.63, 3.8) is 0 Å². The minimum atomic E-state index is -0.450. The van der Waals surface area contributed by atoms with E-state index in [1.807, 2.05) is 12.1 Å². The molecular formula is C26H28N4O3. The van der Waals surface area contributed by atoms with E-state index < -0.39 is 5.91 Å². The van der Waals surface area contributed by atoms with Crippen LogP contribution in [0.3, 0.4) is 0 Å². The maximum atomic E-state index is 11.4. The Bertz CT molecular complexity index is 1160. The first-order valence-corrected chi connectivity index (χ1v) is 11.4. The second kappa shape index (κ2) is 9.29. The van der Waals surface area contributed by atoms with Gasteiger partial charge in [-0.1, -0.05) is 18.2 Å². The minimum Gasteiger partial charge on any atom is -0.496 e. The molecule has 0 radical (unpaired) electrons. The van der Waals surface area contributed by atoms with E-state index in [1.165, 1.54) is 23.1 Å². The Kier molecular flexibility index (Phi) is 6.07. The largest absolute Gasteiger partial charge is 0.496 e. The van der Waals surface area contributed by atoms with E-state index in [0.29, 0.717) is 18.7 Å². The van der Waals surface area contributed by atoms with Crippen molar-refractivity contribution in [2.24, 2.45) is 5.73 Å². The summed E-state index contributed by atoms with van der Waals surface area (Å²) in [7, 11) is 1.75. The summed E-state index contributed by atoms with van der Waals surface area (Å²) in [6.45, 7) is 2.98. The van der Waals surface area contributed by atoms with Crippen molar-refractivity contribution in [3.05, 3.63) is 76.7 Å². The zero-order valence-electron chi connectivity index (χ0n) is 18.8. The standard InChI is InChI=1S/C26H28N4O3/c1-32-22-14-20-4-2-3-19(20)13-21(22)15-30-11-12-33-23(16-30)25-24(28-9-10-29-25)17-5-7-18(8-6-17)26(27)31/h5-10,13-14,23H,2-4,11-12,15-16H2,1H3,(H2,27,31)/t23-/m0/s1. The van der Waals surface area contributed by atoms with Crippen molar-refractivity contribution >= 4 is 5.91 Å². The van der Waals surface area contributed by atoms with Gasteiger partial charge in [-0.15, -0.1) is 0 Å². The average molecular weight is 445 g/mol. The molecule has 1 aliphatic carbocycles. The number of hydrogen-bond acceptors (Lipinski definition) is 6. The lowest BCUT2D eigenvalue weighted by Crippen LogP contribution is -2.38. The first kappa shape index (κ1) is 21.6. The molecule has 2 aromatic carbocycles. The zero-order valence-corrected chi connectivity index (χ0v) is 18.8. The molecule has 7 nitrogen and oxygen atoms in total. The van der Waals surface area contributed by atoms with E-state index in [1.54, 1.807) is 31.6 Å². The minimum absolute atomic E-state index is 0.196. The van der Waals surface area contributed by atoms with Gasteiger partial charge >= 0.3 is 0 Å². The molecule has 3 aromatic rings. The van der Waals surface area contributed by atoms with Gasteiger partial charge in [-0.05, 0) is 48.6 Å². The smallest absolute Gasteiger partial charge is 0.248 e. The Morgan fingerprint density at radius 1 is 1.15 bits per heavy atom. The molecule has 2 heterocycles. The summed E-state index contributed by atoms with van der Waals surface area (Å²) < 4.78 is 11.9. The number of nitrogens with two attached hydrogens (primary N) is 1. The Labute approximate surface area is 193 Å². The van der Waals surface area contributed by atoms with Gasteiger partial charge in [0.2, 0.25) is 5.91 Å². The summed E-state index contributed by atoms with van der Waals surface area (Å²) in [6.07, 6.45) is 6.69.